The molecule has 2 aromatic carbocycles. The zero-order valence-corrected chi connectivity index (χ0v) is 14.7. The highest BCUT2D eigenvalue weighted by Crippen LogP contribution is 2.49. The minimum atomic E-state index is -0.287. The van der Waals surface area contributed by atoms with Gasteiger partial charge in [0.2, 0.25) is 0 Å². The lowest BCUT2D eigenvalue weighted by Gasteiger charge is -2.35. The van der Waals surface area contributed by atoms with Gasteiger partial charge in [-0.25, -0.2) is 4.79 Å². The lowest BCUT2D eigenvalue weighted by atomic mass is 10.2. The Hall–Kier alpha value is -2.22. The van der Waals surface area contributed by atoms with Gasteiger partial charge in [-0.15, -0.1) is 0 Å². The fraction of sp³-hybridized carbons (Fsp3) is 0.278. The minimum absolute atomic E-state index is 0.157. The van der Waals surface area contributed by atoms with Gasteiger partial charge in [0.25, 0.3) is 0 Å². The van der Waals surface area contributed by atoms with Gasteiger partial charge in [0, 0.05) is 28.9 Å². The van der Waals surface area contributed by atoms with Gasteiger partial charge < -0.3 is 19.8 Å². The molecule has 0 saturated heterocycles. The lowest BCUT2D eigenvalue weighted by Crippen LogP contribution is -2.44. The van der Waals surface area contributed by atoms with Crippen LogP contribution in [0.15, 0.2) is 52.3 Å². The molecular weight excluding hydrogens is 340 g/mol. The highest BCUT2D eigenvalue weighted by molar-refractivity contribution is 7.99. The average molecular weight is 360 g/mol. The van der Waals surface area contributed by atoms with Gasteiger partial charge >= 0.3 is 6.03 Å². The van der Waals surface area contributed by atoms with Crippen LogP contribution in [0.3, 0.4) is 0 Å². The number of carbonyl (C=O) groups is 1. The topological polar surface area (TPSA) is 73.2 Å². The van der Waals surface area contributed by atoms with E-state index in [1.54, 1.807) is 23.8 Å². The maximum atomic E-state index is 13.2. The standard InChI is InChI=1S/C18H20N2O4S/c1-24-13-6-7-17-15(12-13)20(14-4-2-3-5-16(14)25-17)18(23)19(8-10-21)9-11-22/h2-7,12,21-22H,8-11H2,1H3. The van der Waals surface area contributed by atoms with Crippen molar-refractivity contribution in [2.45, 2.75) is 9.79 Å². The van der Waals surface area contributed by atoms with Crippen LogP contribution in [0.5, 0.6) is 5.75 Å². The molecule has 2 amide bonds. The molecule has 0 atom stereocenters. The van der Waals surface area contributed by atoms with Crippen LogP contribution in [0.1, 0.15) is 0 Å². The Morgan fingerprint density at radius 2 is 1.76 bits per heavy atom. The molecule has 7 heteroatoms. The number of para-hydroxylation sites is 1. The summed E-state index contributed by atoms with van der Waals surface area (Å²) in [6.07, 6.45) is 0. The second-order valence-electron chi connectivity index (χ2n) is 5.46. The Morgan fingerprint density at radius 3 is 2.44 bits per heavy atom. The number of hydrogen-bond donors (Lipinski definition) is 2. The van der Waals surface area contributed by atoms with E-state index in [0.717, 1.165) is 21.2 Å². The number of amides is 2. The molecule has 132 valence electrons. The first-order valence-electron chi connectivity index (χ1n) is 7.95. The van der Waals surface area contributed by atoms with E-state index in [-0.39, 0.29) is 32.3 Å². The summed E-state index contributed by atoms with van der Waals surface area (Å²) in [4.78, 5) is 18.2. The highest BCUT2D eigenvalue weighted by atomic mass is 32.2. The number of benzene rings is 2. The molecule has 3 rings (SSSR count). The van der Waals surface area contributed by atoms with E-state index in [4.69, 9.17) is 4.74 Å². The average Bonchev–Trinajstić information content (AvgIpc) is 2.65. The van der Waals surface area contributed by atoms with Crippen LogP contribution >= 0.6 is 11.8 Å². The van der Waals surface area contributed by atoms with Crippen LogP contribution in [0.25, 0.3) is 0 Å². The van der Waals surface area contributed by atoms with Crippen LogP contribution in [-0.4, -0.2) is 54.6 Å². The molecule has 1 heterocycles. The maximum absolute atomic E-state index is 13.2. The molecule has 0 aliphatic carbocycles. The molecule has 0 spiro atoms. The van der Waals surface area contributed by atoms with Crippen molar-refractivity contribution >= 4 is 29.2 Å². The van der Waals surface area contributed by atoms with E-state index in [0.29, 0.717) is 5.75 Å². The number of aliphatic hydroxyl groups excluding tert-OH is 2. The first-order chi connectivity index (χ1) is 12.2. The number of nitrogens with zero attached hydrogens (tertiary/aromatic N) is 2. The fourth-order valence-electron chi connectivity index (χ4n) is 2.75. The Bertz CT molecular complexity index is 762. The SMILES string of the molecule is COc1ccc2c(c1)N(C(=O)N(CCO)CCO)c1ccccc1S2. The first kappa shape index (κ1) is 17.6. The molecule has 0 fully saturated rings. The Morgan fingerprint density at radius 1 is 1.08 bits per heavy atom. The number of aliphatic hydroxyl groups is 2. The van der Waals surface area contributed by atoms with Gasteiger partial charge in [0.05, 0.1) is 31.7 Å². The number of rotatable bonds is 5. The Kier molecular flexibility index (Phi) is 5.47. The summed E-state index contributed by atoms with van der Waals surface area (Å²) in [5, 5.41) is 18.5. The van der Waals surface area contributed by atoms with Crippen LogP contribution < -0.4 is 9.64 Å². The quantitative estimate of drug-likeness (QED) is 0.858. The van der Waals surface area contributed by atoms with Crippen LogP contribution in [0.4, 0.5) is 16.2 Å². The zero-order valence-electron chi connectivity index (χ0n) is 13.9. The van der Waals surface area contributed by atoms with Gasteiger partial charge in [-0.05, 0) is 24.3 Å². The number of methoxy groups -OCH3 is 1. The third-order valence-electron chi connectivity index (χ3n) is 3.93. The van der Waals surface area contributed by atoms with Crippen molar-refractivity contribution in [3.63, 3.8) is 0 Å². The molecule has 1 aliphatic rings. The lowest BCUT2D eigenvalue weighted by molar-refractivity contribution is 0.164. The molecule has 25 heavy (non-hydrogen) atoms. The van der Waals surface area contributed by atoms with Crippen LogP contribution in [0, 0.1) is 0 Å². The van der Waals surface area contributed by atoms with Gasteiger partial charge in [-0.1, -0.05) is 23.9 Å². The van der Waals surface area contributed by atoms with Crippen molar-refractivity contribution in [1.29, 1.82) is 0 Å². The molecule has 2 N–H and O–H groups in total. The van der Waals surface area contributed by atoms with E-state index in [2.05, 4.69) is 0 Å². The Labute approximate surface area is 150 Å². The number of carbonyl (C=O) groups excluding carboxylic acids is 1. The van der Waals surface area contributed by atoms with E-state index in [1.807, 2.05) is 42.5 Å². The van der Waals surface area contributed by atoms with E-state index in [1.165, 1.54) is 4.90 Å². The van der Waals surface area contributed by atoms with Gasteiger partial charge in [-0.2, -0.15) is 0 Å². The van der Waals surface area contributed by atoms with E-state index in [9.17, 15) is 15.0 Å². The molecule has 0 aromatic heterocycles. The van der Waals surface area contributed by atoms with Crippen molar-refractivity contribution in [2.24, 2.45) is 0 Å². The summed E-state index contributed by atoms with van der Waals surface area (Å²) in [5.41, 5.74) is 1.51. The van der Waals surface area contributed by atoms with Crippen molar-refractivity contribution in [3.05, 3.63) is 42.5 Å². The summed E-state index contributed by atoms with van der Waals surface area (Å²) in [6, 6.07) is 13.0. The molecule has 1 aliphatic heterocycles. The number of anilines is 2. The molecule has 2 aromatic rings. The Balaban J connectivity index is 2.09. The predicted octanol–water partition coefficient (Wildman–Crippen LogP) is 2.70. The summed E-state index contributed by atoms with van der Waals surface area (Å²) in [6.45, 7) is -0.0170. The second kappa shape index (κ2) is 7.77. The van der Waals surface area contributed by atoms with Crippen molar-refractivity contribution < 1.29 is 19.7 Å². The fourth-order valence-corrected chi connectivity index (χ4v) is 3.79. The summed E-state index contributed by atoms with van der Waals surface area (Å²) < 4.78 is 5.31. The van der Waals surface area contributed by atoms with Crippen molar-refractivity contribution in [3.8, 4) is 5.75 Å². The first-order valence-corrected chi connectivity index (χ1v) is 8.77. The summed E-state index contributed by atoms with van der Waals surface area (Å²) in [7, 11) is 1.58. The smallest absolute Gasteiger partial charge is 0.329 e. The van der Waals surface area contributed by atoms with Gasteiger partial charge in [-0.3, -0.25) is 4.90 Å². The van der Waals surface area contributed by atoms with Crippen molar-refractivity contribution in [1.82, 2.24) is 4.90 Å². The molecule has 0 unspecified atom stereocenters. The largest absolute Gasteiger partial charge is 0.497 e. The highest BCUT2D eigenvalue weighted by Gasteiger charge is 2.31. The number of ether oxygens (including phenoxy) is 1. The molecular formula is C18H20N2O4S. The summed E-state index contributed by atoms with van der Waals surface area (Å²) >= 11 is 1.59. The van der Waals surface area contributed by atoms with Gasteiger partial charge in [0.1, 0.15) is 5.75 Å². The minimum Gasteiger partial charge on any atom is -0.497 e. The number of urea groups is 1. The number of fused-ring (bicyclic) bond motifs is 2. The van der Waals surface area contributed by atoms with E-state index < -0.39 is 0 Å². The van der Waals surface area contributed by atoms with Gasteiger partial charge in [0.15, 0.2) is 0 Å². The molecule has 0 bridgehead atoms. The monoisotopic (exact) mass is 360 g/mol. The zero-order chi connectivity index (χ0) is 17.8. The molecule has 6 nitrogen and oxygen atoms in total. The predicted molar refractivity (Wildman–Crippen MR) is 96.8 cm³/mol. The third kappa shape index (κ3) is 3.44. The normalized spacial score (nSPS) is 12.4. The van der Waals surface area contributed by atoms with Crippen LogP contribution in [0.2, 0.25) is 0 Å². The molecule has 0 radical (unpaired) electrons. The third-order valence-corrected chi connectivity index (χ3v) is 5.06. The van der Waals surface area contributed by atoms with E-state index >= 15 is 0 Å². The van der Waals surface area contributed by atoms with Crippen LogP contribution in [-0.2, 0) is 0 Å². The second-order valence-corrected chi connectivity index (χ2v) is 6.54. The van der Waals surface area contributed by atoms with Crippen molar-refractivity contribution in [2.75, 3.05) is 38.3 Å². The molecule has 0 saturated carbocycles. The maximum Gasteiger partial charge on any atom is 0.329 e. The number of hydrogen-bond acceptors (Lipinski definition) is 5. The summed E-state index contributed by atoms with van der Waals surface area (Å²) in [5.74, 6) is 0.660.